The minimum Gasteiger partial charge on any atom is -0.490 e. The van der Waals surface area contributed by atoms with Crippen molar-refractivity contribution in [1.82, 2.24) is 5.32 Å². The first-order valence-corrected chi connectivity index (χ1v) is 6.04. The highest BCUT2D eigenvalue weighted by molar-refractivity contribution is 5.98. The summed E-state index contributed by atoms with van der Waals surface area (Å²) in [5.41, 5.74) is -0.188. The van der Waals surface area contributed by atoms with Gasteiger partial charge in [-0.25, -0.2) is 0 Å². The predicted molar refractivity (Wildman–Crippen MR) is 71.4 cm³/mol. The SMILES string of the molecule is CCC(CC#N)NC(=O)c1cccc([N+](=O)[O-])c1OC. The number of nitrogens with zero attached hydrogens (tertiary/aromatic N) is 2. The van der Waals surface area contributed by atoms with Crippen LogP contribution in [0, 0.1) is 21.4 Å². The number of benzene rings is 1. The second-order valence-electron chi connectivity index (χ2n) is 4.06. The molecule has 1 amide bonds. The fourth-order valence-corrected chi connectivity index (χ4v) is 1.73. The molecule has 0 spiro atoms. The average molecular weight is 277 g/mol. The molecule has 1 unspecified atom stereocenters. The number of ether oxygens (including phenoxy) is 1. The number of hydrogen-bond donors (Lipinski definition) is 1. The monoisotopic (exact) mass is 277 g/mol. The van der Waals surface area contributed by atoms with E-state index in [-0.39, 0.29) is 29.5 Å². The lowest BCUT2D eigenvalue weighted by Gasteiger charge is -2.15. The molecule has 0 heterocycles. The van der Waals surface area contributed by atoms with Gasteiger partial charge in [0.25, 0.3) is 5.91 Å². The quantitative estimate of drug-likeness (QED) is 0.632. The maximum Gasteiger partial charge on any atom is 0.311 e. The van der Waals surface area contributed by atoms with Crippen LogP contribution < -0.4 is 10.1 Å². The van der Waals surface area contributed by atoms with Crippen LogP contribution in [0.5, 0.6) is 5.75 Å². The summed E-state index contributed by atoms with van der Waals surface area (Å²) in [6.07, 6.45) is 0.774. The zero-order chi connectivity index (χ0) is 15.1. The van der Waals surface area contributed by atoms with Gasteiger partial charge in [0.1, 0.15) is 0 Å². The van der Waals surface area contributed by atoms with Gasteiger partial charge in [-0.1, -0.05) is 13.0 Å². The van der Waals surface area contributed by atoms with Crippen molar-refractivity contribution in [2.24, 2.45) is 0 Å². The van der Waals surface area contributed by atoms with Gasteiger partial charge in [0.15, 0.2) is 0 Å². The van der Waals surface area contributed by atoms with E-state index < -0.39 is 10.8 Å². The lowest BCUT2D eigenvalue weighted by atomic mass is 10.1. The molecule has 0 fully saturated rings. The second kappa shape index (κ2) is 7.09. The summed E-state index contributed by atoms with van der Waals surface area (Å²) in [6.45, 7) is 1.84. The molecule has 0 saturated carbocycles. The number of carbonyl (C=O) groups is 1. The molecular formula is C13H15N3O4. The molecule has 0 saturated heterocycles. The molecule has 20 heavy (non-hydrogen) atoms. The largest absolute Gasteiger partial charge is 0.490 e. The van der Waals surface area contributed by atoms with Gasteiger partial charge in [-0.2, -0.15) is 5.26 Å². The zero-order valence-electron chi connectivity index (χ0n) is 11.3. The number of nitro groups is 1. The van der Waals surface area contributed by atoms with Crippen LogP contribution in [0.1, 0.15) is 30.1 Å². The molecular weight excluding hydrogens is 262 g/mol. The number of nitrogens with one attached hydrogen (secondary N) is 1. The summed E-state index contributed by atoms with van der Waals surface area (Å²) >= 11 is 0. The van der Waals surface area contributed by atoms with Crippen molar-refractivity contribution in [1.29, 1.82) is 5.26 Å². The van der Waals surface area contributed by atoms with Crippen LogP contribution in [0.4, 0.5) is 5.69 Å². The van der Waals surface area contributed by atoms with E-state index in [2.05, 4.69) is 5.32 Å². The van der Waals surface area contributed by atoms with Crippen LogP contribution in [0.25, 0.3) is 0 Å². The molecule has 1 rings (SSSR count). The Bertz CT molecular complexity index is 551. The Labute approximate surface area is 116 Å². The molecule has 1 aromatic carbocycles. The fraction of sp³-hybridized carbons (Fsp3) is 0.385. The lowest BCUT2D eigenvalue weighted by Crippen LogP contribution is -2.34. The first kappa shape index (κ1) is 15.4. The number of nitro benzene ring substituents is 1. The van der Waals surface area contributed by atoms with Gasteiger partial charge in [-0.05, 0) is 12.5 Å². The lowest BCUT2D eigenvalue weighted by molar-refractivity contribution is -0.385. The molecule has 7 nitrogen and oxygen atoms in total. The van der Waals surface area contributed by atoms with E-state index in [1.165, 1.54) is 25.3 Å². The van der Waals surface area contributed by atoms with Gasteiger partial charge in [-0.3, -0.25) is 14.9 Å². The highest BCUT2D eigenvalue weighted by Crippen LogP contribution is 2.30. The summed E-state index contributed by atoms with van der Waals surface area (Å²) in [6, 6.07) is 5.81. The number of rotatable bonds is 6. The van der Waals surface area contributed by atoms with E-state index in [1.54, 1.807) is 0 Å². The van der Waals surface area contributed by atoms with E-state index in [1.807, 2.05) is 13.0 Å². The van der Waals surface area contributed by atoms with Crippen molar-refractivity contribution >= 4 is 11.6 Å². The van der Waals surface area contributed by atoms with E-state index >= 15 is 0 Å². The Hall–Kier alpha value is -2.62. The molecule has 1 aromatic rings. The van der Waals surface area contributed by atoms with E-state index in [0.717, 1.165) is 0 Å². The maximum absolute atomic E-state index is 12.1. The number of para-hydroxylation sites is 1. The second-order valence-corrected chi connectivity index (χ2v) is 4.06. The summed E-state index contributed by atoms with van der Waals surface area (Å²) < 4.78 is 4.97. The number of methoxy groups -OCH3 is 1. The van der Waals surface area contributed by atoms with E-state index in [0.29, 0.717) is 6.42 Å². The third kappa shape index (κ3) is 3.45. The number of carbonyl (C=O) groups excluding carboxylic acids is 1. The Morgan fingerprint density at radius 1 is 1.60 bits per heavy atom. The summed E-state index contributed by atoms with van der Waals surface area (Å²) in [5, 5.41) is 22.2. The molecule has 0 radical (unpaired) electrons. The molecule has 0 aromatic heterocycles. The molecule has 1 atom stereocenters. The minimum atomic E-state index is -0.609. The molecule has 0 aliphatic rings. The van der Waals surface area contributed by atoms with Crippen molar-refractivity contribution in [3.05, 3.63) is 33.9 Å². The third-order valence-electron chi connectivity index (χ3n) is 2.81. The van der Waals surface area contributed by atoms with E-state index in [4.69, 9.17) is 10.00 Å². The summed E-state index contributed by atoms with van der Waals surface area (Å²) in [7, 11) is 1.27. The Kier molecular flexibility index (Phi) is 5.47. The average Bonchev–Trinajstić information content (AvgIpc) is 2.45. The molecule has 0 bridgehead atoms. The van der Waals surface area contributed by atoms with Crippen molar-refractivity contribution in [2.45, 2.75) is 25.8 Å². The summed E-state index contributed by atoms with van der Waals surface area (Å²) in [4.78, 5) is 22.4. The molecule has 106 valence electrons. The Morgan fingerprint density at radius 3 is 2.80 bits per heavy atom. The van der Waals surface area contributed by atoms with Crippen LogP contribution in [-0.4, -0.2) is 24.0 Å². The predicted octanol–water partition coefficient (Wildman–Crippen LogP) is 2.03. The third-order valence-corrected chi connectivity index (χ3v) is 2.81. The normalized spacial score (nSPS) is 11.2. The van der Waals surface area contributed by atoms with Crippen molar-refractivity contribution in [2.75, 3.05) is 7.11 Å². The maximum atomic E-state index is 12.1. The Balaban J connectivity index is 3.07. The number of amides is 1. The fourth-order valence-electron chi connectivity index (χ4n) is 1.73. The van der Waals surface area contributed by atoms with Crippen molar-refractivity contribution in [3.63, 3.8) is 0 Å². The van der Waals surface area contributed by atoms with Crippen molar-refractivity contribution in [3.8, 4) is 11.8 Å². The first-order chi connectivity index (χ1) is 9.54. The van der Waals surface area contributed by atoms with Gasteiger partial charge in [0.05, 0.1) is 30.1 Å². The van der Waals surface area contributed by atoms with Crippen LogP contribution >= 0.6 is 0 Å². The summed E-state index contributed by atoms with van der Waals surface area (Å²) in [5.74, 6) is -0.575. The standard InChI is InChI=1S/C13H15N3O4/c1-3-9(7-8-14)15-13(17)10-5-4-6-11(16(18)19)12(10)20-2/h4-6,9H,3,7H2,1-2H3,(H,15,17). The Morgan fingerprint density at radius 2 is 2.30 bits per heavy atom. The molecule has 0 aliphatic carbocycles. The smallest absolute Gasteiger partial charge is 0.311 e. The first-order valence-electron chi connectivity index (χ1n) is 6.04. The topological polar surface area (TPSA) is 105 Å². The number of nitriles is 1. The molecule has 7 heteroatoms. The van der Waals surface area contributed by atoms with Crippen LogP contribution in [0.15, 0.2) is 18.2 Å². The van der Waals surface area contributed by atoms with Crippen LogP contribution in [0.3, 0.4) is 0 Å². The zero-order valence-corrected chi connectivity index (χ0v) is 11.3. The van der Waals surface area contributed by atoms with Gasteiger partial charge >= 0.3 is 5.69 Å². The van der Waals surface area contributed by atoms with Crippen LogP contribution in [-0.2, 0) is 0 Å². The molecule has 1 N–H and O–H groups in total. The highest BCUT2D eigenvalue weighted by atomic mass is 16.6. The number of hydrogen-bond acceptors (Lipinski definition) is 5. The van der Waals surface area contributed by atoms with Gasteiger partial charge in [0.2, 0.25) is 5.75 Å². The van der Waals surface area contributed by atoms with Gasteiger partial charge in [0, 0.05) is 12.1 Å². The van der Waals surface area contributed by atoms with Gasteiger partial charge < -0.3 is 10.1 Å². The van der Waals surface area contributed by atoms with E-state index in [9.17, 15) is 14.9 Å². The molecule has 0 aliphatic heterocycles. The van der Waals surface area contributed by atoms with Crippen LogP contribution in [0.2, 0.25) is 0 Å². The highest BCUT2D eigenvalue weighted by Gasteiger charge is 2.23. The van der Waals surface area contributed by atoms with Crippen molar-refractivity contribution < 1.29 is 14.5 Å². The minimum absolute atomic E-state index is 0.0816. The van der Waals surface area contributed by atoms with Gasteiger partial charge in [-0.15, -0.1) is 0 Å².